The molecule has 28 heavy (non-hydrogen) atoms. The van der Waals surface area contributed by atoms with Crippen molar-refractivity contribution in [3.63, 3.8) is 0 Å². The maximum absolute atomic E-state index is 12.0. The Bertz CT molecular complexity index is 903. The zero-order chi connectivity index (χ0) is 19.2. The van der Waals surface area contributed by atoms with Gasteiger partial charge in [0.15, 0.2) is 0 Å². The predicted octanol–water partition coefficient (Wildman–Crippen LogP) is 2.68. The van der Waals surface area contributed by atoms with Crippen molar-refractivity contribution < 1.29 is 14.1 Å². The van der Waals surface area contributed by atoms with Crippen LogP contribution in [0, 0.1) is 0 Å². The number of amides is 1. The maximum atomic E-state index is 12.0. The molecule has 7 heteroatoms. The number of carbonyl (C=O) groups excluding carboxylic acids is 1. The molecule has 144 valence electrons. The van der Waals surface area contributed by atoms with Gasteiger partial charge in [-0.3, -0.25) is 4.79 Å². The Morgan fingerprint density at radius 3 is 2.75 bits per heavy atom. The van der Waals surface area contributed by atoms with Crippen LogP contribution in [0.1, 0.15) is 24.3 Å². The van der Waals surface area contributed by atoms with E-state index in [9.17, 15) is 4.79 Å². The zero-order valence-corrected chi connectivity index (χ0v) is 15.4. The fourth-order valence-corrected chi connectivity index (χ4v) is 3.08. The van der Waals surface area contributed by atoms with Gasteiger partial charge in [-0.25, -0.2) is 0 Å². The number of carbonyl (C=O) groups is 1. The third-order valence-corrected chi connectivity index (χ3v) is 4.62. The van der Waals surface area contributed by atoms with Crippen molar-refractivity contribution in [2.24, 2.45) is 0 Å². The highest BCUT2D eigenvalue weighted by atomic mass is 16.5. The van der Waals surface area contributed by atoms with Crippen LogP contribution in [0.25, 0.3) is 11.4 Å². The van der Waals surface area contributed by atoms with Crippen LogP contribution in [0.5, 0.6) is 5.75 Å². The molecule has 0 spiro atoms. The van der Waals surface area contributed by atoms with Crippen LogP contribution in [0.15, 0.2) is 59.1 Å². The molecule has 1 aliphatic heterocycles. The van der Waals surface area contributed by atoms with E-state index in [1.54, 1.807) is 0 Å². The molecule has 7 nitrogen and oxygen atoms in total. The Kier molecular flexibility index (Phi) is 5.63. The lowest BCUT2D eigenvalue weighted by Gasteiger charge is -2.08. The van der Waals surface area contributed by atoms with Crippen LogP contribution in [-0.2, 0) is 17.9 Å². The van der Waals surface area contributed by atoms with E-state index in [-0.39, 0.29) is 18.5 Å². The van der Waals surface area contributed by atoms with Gasteiger partial charge in [-0.05, 0) is 49.2 Å². The molecule has 0 radical (unpaired) electrons. The number of hydrogen-bond donors (Lipinski definition) is 2. The summed E-state index contributed by atoms with van der Waals surface area (Å²) in [6, 6.07) is 17.4. The Hall–Kier alpha value is -3.19. The van der Waals surface area contributed by atoms with Crippen molar-refractivity contribution >= 4 is 5.91 Å². The molecule has 2 aromatic carbocycles. The summed E-state index contributed by atoms with van der Waals surface area (Å²) >= 11 is 0. The highest BCUT2D eigenvalue weighted by Crippen LogP contribution is 2.21. The van der Waals surface area contributed by atoms with Crippen molar-refractivity contribution in [3.05, 3.63) is 66.1 Å². The summed E-state index contributed by atoms with van der Waals surface area (Å²) in [7, 11) is 0. The first kappa shape index (κ1) is 18.2. The van der Waals surface area contributed by atoms with Crippen molar-refractivity contribution in [1.29, 1.82) is 0 Å². The van der Waals surface area contributed by atoms with Crippen LogP contribution >= 0.6 is 0 Å². The number of benzene rings is 2. The standard InChI is InChI=1S/C21H22N4O3/c26-21(18-7-4-12-22-18)23-13-19-24-20(25-28-19)16-8-10-17(11-9-16)27-14-15-5-2-1-3-6-15/h1-3,5-6,8-11,18,22H,4,7,12-14H2,(H,23,26). The molecule has 0 bridgehead atoms. The monoisotopic (exact) mass is 378 g/mol. The van der Waals surface area contributed by atoms with Gasteiger partial charge in [0, 0.05) is 5.56 Å². The highest BCUT2D eigenvalue weighted by Gasteiger charge is 2.22. The fraction of sp³-hybridized carbons (Fsp3) is 0.286. The lowest BCUT2D eigenvalue weighted by Crippen LogP contribution is -2.40. The number of rotatable bonds is 7. The molecule has 0 aliphatic carbocycles. The van der Waals surface area contributed by atoms with E-state index in [2.05, 4.69) is 20.8 Å². The van der Waals surface area contributed by atoms with Gasteiger partial charge in [-0.1, -0.05) is 35.5 Å². The molecule has 3 aromatic rings. The third kappa shape index (κ3) is 4.55. The van der Waals surface area contributed by atoms with Crippen LogP contribution < -0.4 is 15.4 Å². The van der Waals surface area contributed by atoms with E-state index in [1.807, 2.05) is 54.6 Å². The quantitative estimate of drug-likeness (QED) is 0.657. The smallest absolute Gasteiger partial charge is 0.246 e. The third-order valence-electron chi connectivity index (χ3n) is 4.62. The minimum atomic E-state index is -0.120. The molecule has 0 saturated carbocycles. The summed E-state index contributed by atoms with van der Waals surface area (Å²) in [5, 5.41) is 9.98. The highest BCUT2D eigenvalue weighted by molar-refractivity contribution is 5.81. The molecular weight excluding hydrogens is 356 g/mol. The summed E-state index contributed by atoms with van der Waals surface area (Å²) in [4.78, 5) is 16.4. The topological polar surface area (TPSA) is 89.3 Å². The Balaban J connectivity index is 1.31. The minimum absolute atomic E-state index is 0.0304. The average Bonchev–Trinajstić information content (AvgIpc) is 3.44. The van der Waals surface area contributed by atoms with Crippen LogP contribution in [-0.4, -0.2) is 28.6 Å². The Morgan fingerprint density at radius 1 is 1.18 bits per heavy atom. The van der Waals surface area contributed by atoms with Gasteiger partial charge in [0.25, 0.3) is 0 Å². The normalized spacial score (nSPS) is 16.1. The van der Waals surface area contributed by atoms with Crippen LogP contribution in [0.2, 0.25) is 0 Å². The number of nitrogens with zero attached hydrogens (tertiary/aromatic N) is 2. The lowest BCUT2D eigenvalue weighted by molar-refractivity contribution is -0.123. The van der Waals surface area contributed by atoms with Crippen molar-refractivity contribution in [2.45, 2.75) is 32.0 Å². The summed E-state index contributed by atoms with van der Waals surface area (Å²) in [5.41, 5.74) is 1.94. The van der Waals surface area contributed by atoms with E-state index in [0.717, 1.165) is 36.3 Å². The van der Waals surface area contributed by atoms with Crippen LogP contribution in [0.3, 0.4) is 0 Å². The first-order chi connectivity index (χ1) is 13.8. The number of hydrogen-bond acceptors (Lipinski definition) is 6. The summed E-state index contributed by atoms with van der Waals surface area (Å²) < 4.78 is 11.0. The largest absolute Gasteiger partial charge is 0.489 e. The van der Waals surface area contributed by atoms with E-state index < -0.39 is 0 Å². The first-order valence-electron chi connectivity index (χ1n) is 9.39. The van der Waals surface area contributed by atoms with E-state index >= 15 is 0 Å². The average molecular weight is 378 g/mol. The summed E-state index contributed by atoms with van der Waals surface area (Å²) in [6.07, 6.45) is 1.88. The van der Waals surface area contributed by atoms with Gasteiger partial charge in [0.1, 0.15) is 12.4 Å². The molecule has 2 N–H and O–H groups in total. The van der Waals surface area contributed by atoms with E-state index in [0.29, 0.717) is 18.3 Å². The number of aromatic nitrogens is 2. The second-order valence-corrected chi connectivity index (χ2v) is 6.68. The molecule has 1 amide bonds. The van der Waals surface area contributed by atoms with Gasteiger partial charge < -0.3 is 19.9 Å². The second-order valence-electron chi connectivity index (χ2n) is 6.68. The molecule has 1 saturated heterocycles. The first-order valence-corrected chi connectivity index (χ1v) is 9.39. The van der Waals surface area contributed by atoms with Gasteiger partial charge in [0.05, 0.1) is 12.6 Å². The Morgan fingerprint density at radius 2 is 2.00 bits per heavy atom. The SMILES string of the molecule is O=C(NCc1nc(-c2ccc(OCc3ccccc3)cc2)no1)C1CCCN1. The van der Waals surface area contributed by atoms with Gasteiger partial charge >= 0.3 is 0 Å². The minimum Gasteiger partial charge on any atom is -0.489 e. The summed E-state index contributed by atoms with van der Waals surface area (Å²) in [5.74, 6) is 1.61. The van der Waals surface area contributed by atoms with Gasteiger partial charge in [-0.15, -0.1) is 0 Å². The fourth-order valence-electron chi connectivity index (χ4n) is 3.08. The summed E-state index contributed by atoms with van der Waals surface area (Å²) in [6.45, 7) is 1.62. The zero-order valence-electron chi connectivity index (χ0n) is 15.4. The lowest BCUT2D eigenvalue weighted by atomic mass is 10.2. The molecule has 1 aromatic heterocycles. The van der Waals surface area contributed by atoms with Gasteiger partial charge in [0.2, 0.25) is 17.6 Å². The molecule has 1 atom stereocenters. The number of nitrogens with one attached hydrogen (secondary N) is 2. The van der Waals surface area contributed by atoms with Crippen LogP contribution in [0.4, 0.5) is 0 Å². The molecule has 1 fully saturated rings. The van der Waals surface area contributed by atoms with Gasteiger partial charge in [-0.2, -0.15) is 4.98 Å². The van der Waals surface area contributed by atoms with Crippen molar-refractivity contribution in [1.82, 2.24) is 20.8 Å². The van der Waals surface area contributed by atoms with E-state index in [4.69, 9.17) is 9.26 Å². The predicted molar refractivity (Wildman–Crippen MR) is 103 cm³/mol. The Labute approximate surface area is 163 Å². The molecular formula is C21H22N4O3. The second kappa shape index (κ2) is 8.67. The van der Waals surface area contributed by atoms with Crippen molar-refractivity contribution in [3.8, 4) is 17.1 Å². The molecule has 1 unspecified atom stereocenters. The molecule has 4 rings (SSSR count). The molecule has 1 aliphatic rings. The maximum Gasteiger partial charge on any atom is 0.246 e. The molecule has 2 heterocycles. The number of ether oxygens (including phenoxy) is 1. The van der Waals surface area contributed by atoms with E-state index in [1.165, 1.54) is 0 Å². The van der Waals surface area contributed by atoms with Crippen molar-refractivity contribution in [2.75, 3.05) is 6.54 Å².